The van der Waals surface area contributed by atoms with E-state index in [1.165, 1.54) is 0 Å². The summed E-state index contributed by atoms with van der Waals surface area (Å²) in [6.45, 7) is 5.29. The second kappa shape index (κ2) is 8.75. The van der Waals surface area contributed by atoms with Crippen molar-refractivity contribution in [1.29, 1.82) is 0 Å². The molecular weight excluding hydrogens is 406 g/mol. The molecule has 1 heterocycles. The molecule has 0 saturated carbocycles. The molecule has 6 heteroatoms. The number of aliphatic carboxylic acids is 2. The molecule has 0 radical (unpaired) electrons. The van der Waals surface area contributed by atoms with Gasteiger partial charge in [-0.1, -0.05) is 48.6 Å². The molecule has 0 aromatic heterocycles. The lowest BCUT2D eigenvalue weighted by molar-refractivity contribution is -0.134. The largest absolute Gasteiger partial charge is 0.508 e. The first-order valence-corrected chi connectivity index (χ1v) is 10.3. The van der Waals surface area contributed by atoms with E-state index in [0.29, 0.717) is 17.0 Å². The molecule has 2 aromatic rings. The van der Waals surface area contributed by atoms with Crippen molar-refractivity contribution >= 4 is 18.0 Å². The number of phenols is 1. The minimum absolute atomic E-state index is 0.0488. The van der Waals surface area contributed by atoms with Crippen LogP contribution in [0.5, 0.6) is 5.75 Å². The van der Waals surface area contributed by atoms with E-state index in [-0.39, 0.29) is 23.3 Å². The van der Waals surface area contributed by atoms with Crippen molar-refractivity contribution in [3.8, 4) is 5.75 Å². The van der Waals surface area contributed by atoms with E-state index in [1.54, 1.807) is 68.3 Å². The summed E-state index contributed by atoms with van der Waals surface area (Å²) >= 11 is 0. The van der Waals surface area contributed by atoms with Gasteiger partial charge in [-0.05, 0) is 56.0 Å². The zero-order valence-corrected chi connectivity index (χ0v) is 18.6. The van der Waals surface area contributed by atoms with Crippen LogP contribution in [0.2, 0.25) is 0 Å². The molecule has 0 amide bonds. The van der Waals surface area contributed by atoms with E-state index in [0.717, 1.165) is 11.1 Å². The molecule has 32 heavy (non-hydrogen) atoms. The van der Waals surface area contributed by atoms with Gasteiger partial charge in [-0.3, -0.25) is 0 Å². The first-order valence-electron chi connectivity index (χ1n) is 10.3. The lowest BCUT2D eigenvalue weighted by Gasteiger charge is -2.44. The molecule has 1 aliphatic rings. The van der Waals surface area contributed by atoms with Crippen LogP contribution in [0.25, 0.3) is 6.08 Å². The predicted octanol–water partition coefficient (Wildman–Crippen LogP) is 4.70. The molecular formula is C26H27NO5. The number of allylic oxidation sites excluding steroid dienone is 3. The van der Waals surface area contributed by atoms with Gasteiger partial charge in [0.05, 0.1) is 16.6 Å². The van der Waals surface area contributed by atoms with E-state index >= 15 is 0 Å². The average Bonchev–Trinajstić information content (AvgIpc) is 2.73. The summed E-state index contributed by atoms with van der Waals surface area (Å²) in [6.07, 6.45) is 3.75. The van der Waals surface area contributed by atoms with E-state index in [4.69, 9.17) is 0 Å². The molecule has 3 N–H and O–H groups in total. The fourth-order valence-electron chi connectivity index (χ4n) is 4.60. The smallest absolute Gasteiger partial charge is 0.334 e. The Bertz CT molecular complexity index is 1120. The number of carboxylic acids is 2. The van der Waals surface area contributed by atoms with Crippen molar-refractivity contribution in [3.63, 3.8) is 0 Å². The normalized spacial score (nSPS) is 16.1. The summed E-state index contributed by atoms with van der Waals surface area (Å²) in [5.74, 6) is -2.16. The third-order valence-electron chi connectivity index (χ3n) is 6.24. The summed E-state index contributed by atoms with van der Waals surface area (Å²) in [4.78, 5) is 26.8. The summed E-state index contributed by atoms with van der Waals surface area (Å²) in [5.41, 5.74) is 2.00. The topological polar surface area (TPSA) is 98.1 Å². The van der Waals surface area contributed by atoms with E-state index in [2.05, 4.69) is 0 Å². The van der Waals surface area contributed by atoms with Gasteiger partial charge in [-0.2, -0.15) is 0 Å². The monoisotopic (exact) mass is 433 g/mol. The molecule has 0 saturated heterocycles. The lowest BCUT2D eigenvalue weighted by atomic mass is 9.62. The maximum atomic E-state index is 12.6. The van der Waals surface area contributed by atoms with Gasteiger partial charge >= 0.3 is 11.9 Å². The number of phenolic OH excluding ortho intramolecular Hbond substituents is 1. The van der Waals surface area contributed by atoms with Crippen molar-refractivity contribution in [2.75, 3.05) is 7.05 Å². The van der Waals surface area contributed by atoms with E-state index in [1.807, 2.05) is 25.1 Å². The van der Waals surface area contributed by atoms with Gasteiger partial charge in [-0.25, -0.2) is 9.59 Å². The SMILES string of the molecule is CC1=C(C(=O)O)C(C/C=C/c2ccc(O)cc2)(c2ccccc2C)C(C(=O)O)=C(C)N1C. The average molecular weight is 434 g/mol. The van der Waals surface area contributed by atoms with Crippen molar-refractivity contribution in [3.05, 3.63) is 93.8 Å². The second-order valence-corrected chi connectivity index (χ2v) is 8.01. The van der Waals surface area contributed by atoms with Crippen LogP contribution in [-0.2, 0) is 15.0 Å². The van der Waals surface area contributed by atoms with Gasteiger partial charge in [0.25, 0.3) is 0 Å². The Morgan fingerprint density at radius 3 is 1.94 bits per heavy atom. The fourth-order valence-corrected chi connectivity index (χ4v) is 4.60. The molecule has 0 spiro atoms. The molecule has 1 aliphatic heterocycles. The fraction of sp³-hybridized carbons (Fsp3) is 0.231. The van der Waals surface area contributed by atoms with Crippen molar-refractivity contribution in [1.82, 2.24) is 4.90 Å². The maximum Gasteiger partial charge on any atom is 0.334 e. The molecule has 0 aliphatic carbocycles. The standard InChI is InChI=1S/C26H27NO5/c1-16-8-5-6-10-21(16)26(15-7-9-19-11-13-20(28)14-12-19)22(24(29)30)17(2)27(4)18(3)23(26)25(31)32/h5-14,28H,15H2,1-4H3,(H,29,30)(H,31,32)/b9-7+. The summed E-state index contributed by atoms with van der Waals surface area (Å²) in [7, 11) is 1.69. The van der Waals surface area contributed by atoms with Gasteiger partial charge in [0.15, 0.2) is 0 Å². The summed E-state index contributed by atoms with van der Waals surface area (Å²) in [5, 5.41) is 30.1. The first-order chi connectivity index (χ1) is 15.1. The number of hydrogen-bond acceptors (Lipinski definition) is 4. The second-order valence-electron chi connectivity index (χ2n) is 8.01. The number of carboxylic acid groups (broad SMARTS) is 2. The van der Waals surface area contributed by atoms with Crippen LogP contribution in [0.1, 0.15) is 37.0 Å². The highest BCUT2D eigenvalue weighted by Gasteiger charge is 2.51. The van der Waals surface area contributed by atoms with Crippen LogP contribution in [0.4, 0.5) is 0 Å². The Morgan fingerprint density at radius 2 is 1.44 bits per heavy atom. The highest BCUT2D eigenvalue weighted by molar-refractivity contribution is 6.01. The Morgan fingerprint density at radius 1 is 0.906 bits per heavy atom. The van der Waals surface area contributed by atoms with E-state index < -0.39 is 17.4 Å². The Labute approximate surface area is 187 Å². The van der Waals surface area contributed by atoms with Gasteiger partial charge in [0.2, 0.25) is 0 Å². The molecule has 0 fully saturated rings. The Kier molecular flexibility index (Phi) is 6.25. The van der Waals surface area contributed by atoms with Crippen molar-refractivity contribution in [2.24, 2.45) is 0 Å². The van der Waals surface area contributed by atoms with Crippen LogP contribution >= 0.6 is 0 Å². The number of aryl methyl sites for hydroxylation is 1. The van der Waals surface area contributed by atoms with Crippen LogP contribution < -0.4 is 0 Å². The molecule has 3 rings (SSSR count). The van der Waals surface area contributed by atoms with E-state index in [9.17, 15) is 24.9 Å². The zero-order valence-electron chi connectivity index (χ0n) is 18.6. The third kappa shape index (κ3) is 3.80. The van der Waals surface area contributed by atoms with Gasteiger partial charge in [0, 0.05) is 18.4 Å². The number of carbonyl (C=O) groups is 2. The molecule has 0 atom stereocenters. The number of hydrogen-bond donors (Lipinski definition) is 3. The van der Waals surface area contributed by atoms with Gasteiger partial charge in [-0.15, -0.1) is 0 Å². The van der Waals surface area contributed by atoms with Crippen molar-refractivity contribution in [2.45, 2.75) is 32.6 Å². The highest BCUT2D eigenvalue weighted by Crippen LogP contribution is 2.50. The minimum atomic E-state index is -1.38. The zero-order chi connectivity index (χ0) is 23.6. The van der Waals surface area contributed by atoms with Crippen LogP contribution in [-0.4, -0.2) is 39.2 Å². The molecule has 6 nitrogen and oxygen atoms in total. The van der Waals surface area contributed by atoms with Crippen LogP contribution in [0.15, 0.2) is 77.1 Å². The lowest BCUT2D eigenvalue weighted by Crippen LogP contribution is -2.45. The summed E-state index contributed by atoms with van der Waals surface area (Å²) in [6, 6.07) is 13.9. The molecule has 166 valence electrons. The Balaban J connectivity index is 2.32. The first kappa shape index (κ1) is 22.9. The highest BCUT2D eigenvalue weighted by atomic mass is 16.4. The minimum Gasteiger partial charge on any atom is -0.508 e. The number of nitrogens with zero attached hydrogens (tertiary/aromatic N) is 1. The van der Waals surface area contributed by atoms with Gasteiger partial charge < -0.3 is 20.2 Å². The quantitative estimate of drug-likeness (QED) is 0.611. The number of rotatable bonds is 6. The van der Waals surface area contributed by atoms with Crippen molar-refractivity contribution < 1.29 is 24.9 Å². The number of benzene rings is 2. The molecule has 2 aromatic carbocycles. The Hall–Kier alpha value is -3.80. The van der Waals surface area contributed by atoms with Gasteiger partial charge in [0.1, 0.15) is 5.75 Å². The van der Waals surface area contributed by atoms with Crippen LogP contribution in [0.3, 0.4) is 0 Å². The number of aromatic hydroxyl groups is 1. The maximum absolute atomic E-state index is 12.6. The van der Waals surface area contributed by atoms with Crippen LogP contribution in [0, 0.1) is 6.92 Å². The molecule has 0 bridgehead atoms. The molecule has 0 unspecified atom stereocenters. The predicted molar refractivity (Wildman–Crippen MR) is 123 cm³/mol. The third-order valence-corrected chi connectivity index (χ3v) is 6.24. The summed E-state index contributed by atoms with van der Waals surface area (Å²) < 4.78 is 0.